The molecule has 0 unspecified atom stereocenters. The van der Waals surface area contributed by atoms with Gasteiger partial charge in [0.15, 0.2) is 0 Å². The van der Waals surface area contributed by atoms with E-state index in [-0.39, 0.29) is 5.91 Å². The molecule has 0 saturated carbocycles. The van der Waals surface area contributed by atoms with E-state index >= 15 is 0 Å². The molecule has 0 bridgehead atoms. The van der Waals surface area contributed by atoms with Crippen LogP contribution >= 0.6 is 0 Å². The Labute approximate surface area is 131 Å². The Morgan fingerprint density at radius 2 is 2.05 bits per heavy atom. The van der Waals surface area contributed by atoms with Crippen LogP contribution in [0.1, 0.15) is 23.1 Å². The Bertz CT molecular complexity index is 580. The van der Waals surface area contributed by atoms with E-state index in [0.29, 0.717) is 13.0 Å². The molecule has 2 rings (SSSR count). The van der Waals surface area contributed by atoms with Crippen LogP contribution in [0.2, 0.25) is 0 Å². The van der Waals surface area contributed by atoms with Crippen LogP contribution in [-0.4, -0.2) is 32.4 Å². The number of nitrogens with zero attached hydrogens (tertiary/aromatic N) is 1. The average molecular weight is 301 g/mol. The number of amides is 1. The maximum Gasteiger partial charge on any atom is 0.225 e. The summed E-state index contributed by atoms with van der Waals surface area (Å²) in [6, 6.07) is 6.32. The minimum Gasteiger partial charge on any atom is -0.345 e. The molecule has 1 heterocycles. The normalized spacial score (nSPS) is 14.2. The molecule has 0 aliphatic carbocycles. The van der Waals surface area contributed by atoms with Gasteiger partial charge in [0.2, 0.25) is 5.91 Å². The molecule has 6 nitrogen and oxygen atoms in total. The van der Waals surface area contributed by atoms with Crippen LogP contribution in [0.15, 0.2) is 35.6 Å². The van der Waals surface area contributed by atoms with Crippen molar-refractivity contribution in [1.29, 1.82) is 0 Å². The van der Waals surface area contributed by atoms with Gasteiger partial charge in [-0.25, -0.2) is 0 Å². The van der Waals surface area contributed by atoms with Crippen LogP contribution < -0.4 is 21.3 Å². The quantitative estimate of drug-likeness (QED) is 0.454. The molecule has 1 aliphatic heterocycles. The predicted octanol–water partition coefficient (Wildman–Crippen LogP) is 0.453. The Morgan fingerprint density at radius 3 is 2.82 bits per heavy atom. The minimum atomic E-state index is -0.0222. The lowest BCUT2D eigenvalue weighted by molar-refractivity contribution is -0.120. The van der Waals surface area contributed by atoms with Gasteiger partial charge >= 0.3 is 0 Å². The van der Waals surface area contributed by atoms with Gasteiger partial charge in [-0.2, -0.15) is 0 Å². The molecule has 0 aromatic heterocycles. The summed E-state index contributed by atoms with van der Waals surface area (Å²) in [6.45, 7) is 2.50. The van der Waals surface area contributed by atoms with Crippen molar-refractivity contribution in [1.82, 2.24) is 21.3 Å². The number of benzene rings is 1. The van der Waals surface area contributed by atoms with Gasteiger partial charge in [-0.15, -0.1) is 0 Å². The summed E-state index contributed by atoms with van der Waals surface area (Å²) in [5, 5.41) is 12.1. The summed E-state index contributed by atoms with van der Waals surface area (Å²) in [5.74, 6) is 0.751. The Balaban J connectivity index is 1.89. The topological polar surface area (TPSA) is 77.5 Å². The lowest BCUT2D eigenvalue weighted by Crippen LogP contribution is -2.24. The molecule has 0 atom stereocenters. The zero-order valence-corrected chi connectivity index (χ0v) is 13.1. The summed E-state index contributed by atoms with van der Waals surface area (Å²) in [5.41, 5.74) is 3.69. The fourth-order valence-electron chi connectivity index (χ4n) is 2.28. The third-order valence-electron chi connectivity index (χ3n) is 3.48. The molecule has 1 aromatic carbocycles. The van der Waals surface area contributed by atoms with E-state index in [1.807, 2.05) is 7.05 Å². The van der Waals surface area contributed by atoms with Crippen LogP contribution in [0.5, 0.6) is 0 Å². The minimum absolute atomic E-state index is 0.0222. The van der Waals surface area contributed by atoms with Gasteiger partial charge in [0.1, 0.15) is 5.84 Å². The van der Waals surface area contributed by atoms with Crippen LogP contribution in [0.25, 0.3) is 0 Å². The summed E-state index contributed by atoms with van der Waals surface area (Å²) in [6.07, 6.45) is 3.73. The van der Waals surface area contributed by atoms with E-state index in [2.05, 4.69) is 44.5 Å². The second-order valence-electron chi connectivity index (χ2n) is 5.06. The van der Waals surface area contributed by atoms with Gasteiger partial charge in [-0.05, 0) is 24.2 Å². The number of fused-ring (bicyclic) bond motifs is 1. The number of hydrogen-bond donors (Lipinski definition) is 4. The Hall–Kier alpha value is -2.18. The maximum absolute atomic E-state index is 11.4. The van der Waals surface area contributed by atoms with Crippen LogP contribution in [-0.2, 0) is 17.9 Å². The van der Waals surface area contributed by atoms with E-state index in [1.165, 1.54) is 11.1 Å². The van der Waals surface area contributed by atoms with Gasteiger partial charge in [0, 0.05) is 51.1 Å². The number of carbonyl (C=O) groups is 1. The van der Waals surface area contributed by atoms with Crippen molar-refractivity contribution in [2.24, 2.45) is 4.99 Å². The first-order valence-corrected chi connectivity index (χ1v) is 7.39. The van der Waals surface area contributed by atoms with E-state index in [0.717, 1.165) is 24.5 Å². The van der Waals surface area contributed by atoms with Crippen molar-refractivity contribution < 1.29 is 4.79 Å². The molecule has 1 amide bonds. The highest BCUT2D eigenvalue weighted by atomic mass is 16.1. The van der Waals surface area contributed by atoms with Crippen molar-refractivity contribution >= 4 is 11.7 Å². The second kappa shape index (κ2) is 8.31. The van der Waals surface area contributed by atoms with Crippen molar-refractivity contribution in [3.05, 3.63) is 47.3 Å². The van der Waals surface area contributed by atoms with Gasteiger partial charge in [-0.1, -0.05) is 12.1 Å². The summed E-state index contributed by atoms with van der Waals surface area (Å²) < 4.78 is 0. The average Bonchev–Trinajstić information content (AvgIpc) is 3.00. The summed E-state index contributed by atoms with van der Waals surface area (Å²) in [7, 11) is 3.56. The van der Waals surface area contributed by atoms with Crippen molar-refractivity contribution in [3.63, 3.8) is 0 Å². The van der Waals surface area contributed by atoms with Gasteiger partial charge in [0.25, 0.3) is 0 Å². The highest BCUT2D eigenvalue weighted by Gasteiger charge is 2.11. The molecule has 1 aliphatic rings. The second-order valence-corrected chi connectivity index (χ2v) is 5.06. The summed E-state index contributed by atoms with van der Waals surface area (Å²) >= 11 is 0. The lowest BCUT2D eigenvalue weighted by Gasteiger charge is -2.08. The van der Waals surface area contributed by atoms with Crippen LogP contribution in [0.4, 0.5) is 0 Å². The highest BCUT2D eigenvalue weighted by Crippen LogP contribution is 2.17. The van der Waals surface area contributed by atoms with E-state index in [4.69, 9.17) is 0 Å². The number of nitrogens with one attached hydrogen (secondary N) is 4. The van der Waals surface area contributed by atoms with Crippen molar-refractivity contribution in [2.75, 3.05) is 20.6 Å². The zero-order valence-electron chi connectivity index (χ0n) is 13.1. The molecule has 6 heteroatoms. The monoisotopic (exact) mass is 301 g/mol. The third kappa shape index (κ3) is 4.41. The molecule has 22 heavy (non-hydrogen) atoms. The van der Waals surface area contributed by atoms with Gasteiger partial charge in [-0.3, -0.25) is 9.79 Å². The fraction of sp³-hybridized carbons (Fsp3) is 0.375. The molecule has 0 saturated heterocycles. The first-order valence-electron chi connectivity index (χ1n) is 7.39. The van der Waals surface area contributed by atoms with Gasteiger partial charge < -0.3 is 21.3 Å². The van der Waals surface area contributed by atoms with Crippen molar-refractivity contribution in [3.8, 4) is 0 Å². The van der Waals surface area contributed by atoms with Crippen molar-refractivity contribution in [2.45, 2.75) is 19.5 Å². The van der Waals surface area contributed by atoms with E-state index < -0.39 is 0 Å². The van der Waals surface area contributed by atoms with E-state index in [1.54, 1.807) is 19.4 Å². The Morgan fingerprint density at radius 1 is 1.27 bits per heavy atom. The highest BCUT2D eigenvalue weighted by molar-refractivity contribution is 5.99. The smallest absolute Gasteiger partial charge is 0.225 e. The molecule has 118 valence electrons. The molecule has 0 spiro atoms. The van der Waals surface area contributed by atoms with Crippen LogP contribution in [0, 0.1) is 0 Å². The lowest BCUT2D eigenvalue weighted by atomic mass is 10.1. The molecular weight excluding hydrogens is 278 g/mol. The molecule has 1 aromatic rings. The first kappa shape index (κ1) is 16.2. The molecular formula is C16H23N5O. The zero-order chi connectivity index (χ0) is 15.8. The van der Waals surface area contributed by atoms with Crippen LogP contribution in [0.3, 0.4) is 0 Å². The SMILES string of the molecule is CN=C(N/C=C/NC(=O)CCNC)c1ccc2c(c1)CNC2. The molecule has 0 radical (unpaired) electrons. The largest absolute Gasteiger partial charge is 0.345 e. The van der Waals surface area contributed by atoms with Gasteiger partial charge in [0.05, 0.1) is 0 Å². The van der Waals surface area contributed by atoms with E-state index in [9.17, 15) is 4.79 Å². The fourth-order valence-corrected chi connectivity index (χ4v) is 2.28. The Kier molecular flexibility index (Phi) is 6.12. The third-order valence-corrected chi connectivity index (χ3v) is 3.48. The first-order chi connectivity index (χ1) is 10.7. The molecule has 0 fully saturated rings. The summed E-state index contributed by atoms with van der Waals surface area (Å²) in [4.78, 5) is 15.7. The number of amidine groups is 1. The predicted molar refractivity (Wildman–Crippen MR) is 88.4 cm³/mol. The number of carbonyl (C=O) groups excluding carboxylic acids is 1. The number of rotatable bonds is 6. The number of hydrogen-bond acceptors (Lipinski definition) is 4. The number of aliphatic imine (C=N–C) groups is 1. The standard InChI is InChI=1S/C16H23N5O/c1-17-6-5-15(22)20-7-8-21-16(18-2)12-3-4-13-10-19-11-14(13)9-12/h3-4,7-9,17,19H,5-6,10-11H2,1-2H3,(H,18,21)(H,20,22)/b8-7+. The molecule has 4 N–H and O–H groups in total. The maximum atomic E-state index is 11.4.